The summed E-state index contributed by atoms with van der Waals surface area (Å²) in [7, 11) is -2.81. The van der Waals surface area contributed by atoms with Crippen molar-refractivity contribution in [3.8, 4) is 0 Å². The monoisotopic (exact) mass is 260 g/mol. The highest BCUT2D eigenvalue weighted by Crippen LogP contribution is 2.28. The molecule has 2 aliphatic rings. The normalized spacial score (nSPS) is 24.1. The van der Waals surface area contributed by atoms with Crippen LogP contribution in [0.25, 0.3) is 0 Å². The van der Waals surface area contributed by atoms with E-state index in [1.165, 1.54) is 25.6 Å². The molecule has 1 heterocycles. The Kier molecular flexibility index (Phi) is 4.44. The second-order valence-electron chi connectivity index (χ2n) is 5.60. The molecule has 1 saturated heterocycles. The second-order valence-corrected chi connectivity index (χ2v) is 7.86. The van der Waals surface area contributed by atoms with Gasteiger partial charge in [0.15, 0.2) is 0 Å². The van der Waals surface area contributed by atoms with Gasteiger partial charge in [0.05, 0.1) is 5.75 Å². The number of rotatable bonds is 6. The molecular weight excluding hydrogens is 236 g/mol. The number of hydrogen-bond donors (Lipinski definition) is 1. The highest BCUT2D eigenvalue weighted by atomic mass is 32.2. The molecule has 2 rings (SSSR count). The molecule has 0 amide bonds. The largest absolute Gasteiger partial charge is 0.314 e. The summed E-state index contributed by atoms with van der Waals surface area (Å²) in [5.41, 5.74) is 0. The van der Waals surface area contributed by atoms with E-state index in [9.17, 15) is 8.42 Å². The van der Waals surface area contributed by atoms with Gasteiger partial charge in [-0.05, 0) is 51.2 Å². The van der Waals surface area contributed by atoms with E-state index in [2.05, 4.69) is 10.2 Å². The zero-order chi connectivity index (χ0) is 12.3. The van der Waals surface area contributed by atoms with Crippen LogP contribution in [0.3, 0.4) is 0 Å². The van der Waals surface area contributed by atoms with Gasteiger partial charge >= 0.3 is 0 Å². The number of piperidine rings is 1. The van der Waals surface area contributed by atoms with E-state index >= 15 is 0 Å². The molecule has 5 heteroatoms. The molecule has 0 aromatic rings. The van der Waals surface area contributed by atoms with Crippen molar-refractivity contribution in [2.75, 3.05) is 38.2 Å². The summed E-state index contributed by atoms with van der Waals surface area (Å²) in [4.78, 5) is 2.27. The van der Waals surface area contributed by atoms with Gasteiger partial charge in [0.1, 0.15) is 9.84 Å². The number of nitrogens with zero attached hydrogens (tertiary/aromatic N) is 1. The van der Waals surface area contributed by atoms with E-state index in [0.717, 1.165) is 31.8 Å². The van der Waals surface area contributed by atoms with Crippen LogP contribution in [0.15, 0.2) is 0 Å². The SMILES string of the molecule is CS(=O)(=O)CCN1CCC(NCC2CC2)CC1. The van der Waals surface area contributed by atoms with Crippen LogP contribution in [0.2, 0.25) is 0 Å². The summed E-state index contributed by atoms with van der Waals surface area (Å²) >= 11 is 0. The van der Waals surface area contributed by atoms with Gasteiger partial charge in [0, 0.05) is 18.8 Å². The molecule has 1 aliphatic heterocycles. The molecule has 0 unspecified atom stereocenters. The van der Waals surface area contributed by atoms with Crippen molar-refractivity contribution in [3.05, 3.63) is 0 Å². The summed E-state index contributed by atoms with van der Waals surface area (Å²) in [5, 5.41) is 3.63. The molecule has 1 saturated carbocycles. The molecule has 2 fully saturated rings. The third-order valence-electron chi connectivity index (χ3n) is 3.76. The number of likely N-dealkylation sites (tertiary alicyclic amines) is 1. The fourth-order valence-corrected chi connectivity index (χ4v) is 2.90. The van der Waals surface area contributed by atoms with E-state index in [0.29, 0.717) is 18.3 Å². The molecule has 1 aliphatic carbocycles. The van der Waals surface area contributed by atoms with Gasteiger partial charge in [-0.2, -0.15) is 0 Å². The van der Waals surface area contributed by atoms with Gasteiger partial charge in [0.25, 0.3) is 0 Å². The first kappa shape index (κ1) is 13.3. The number of sulfone groups is 1. The molecule has 0 aromatic carbocycles. The summed E-state index contributed by atoms with van der Waals surface area (Å²) in [6.45, 7) is 3.97. The van der Waals surface area contributed by atoms with Crippen molar-refractivity contribution in [1.82, 2.24) is 10.2 Å². The summed E-state index contributed by atoms with van der Waals surface area (Å²) < 4.78 is 22.2. The first-order chi connectivity index (χ1) is 8.03. The lowest BCUT2D eigenvalue weighted by Gasteiger charge is -2.32. The Labute approximate surface area is 105 Å². The van der Waals surface area contributed by atoms with Crippen LogP contribution in [-0.4, -0.2) is 57.5 Å². The molecule has 0 aromatic heterocycles. The molecular formula is C12H24N2O2S. The highest BCUT2D eigenvalue weighted by molar-refractivity contribution is 7.90. The van der Waals surface area contributed by atoms with Gasteiger partial charge < -0.3 is 10.2 Å². The Hall–Kier alpha value is -0.130. The summed E-state index contributed by atoms with van der Waals surface area (Å²) in [5.74, 6) is 1.24. The third-order valence-corrected chi connectivity index (χ3v) is 4.68. The minimum absolute atomic E-state index is 0.299. The molecule has 17 heavy (non-hydrogen) atoms. The zero-order valence-corrected chi connectivity index (χ0v) is 11.5. The first-order valence-corrected chi connectivity index (χ1v) is 8.72. The maximum absolute atomic E-state index is 11.1. The van der Waals surface area contributed by atoms with Crippen molar-refractivity contribution < 1.29 is 8.42 Å². The Morgan fingerprint density at radius 2 is 1.82 bits per heavy atom. The molecule has 0 radical (unpaired) electrons. The first-order valence-electron chi connectivity index (χ1n) is 6.66. The predicted molar refractivity (Wildman–Crippen MR) is 69.9 cm³/mol. The number of nitrogens with one attached hydrogen (secondary N) is 1. The Morgan fingerprint density at radius 1 is 1.18 bits per heavy atom. The van der Waals surface area contributed by atoms with E-state index in [-0.39, 0.29) is 0 Å². The quantitative estimate of drug-likeness (QED) is 0.755. The van der Waals surface area contributed by atoms with Crippen molar-refractivity contribution in [3.63, 3.8) is 0 Å². The van der Waals surface area contributed by atoms with Gasteiger partial charge in [-0.25, -0.2) is 8.42 Å². The second kappa shape index (κ2) is 5.67. The van der Waals surface area contributed by atoms with E-state index in [4.69, 9.17) is 0 Å². The van der Waals surface area contributed by atoms with E-state index in [1.807, 2.05) is 0 Å². The van der Waals surface area contributed by atoms with Crippen LogP contribution in [0.5, 0.6) is 0 Å². The van der Waals surface area contributed by atoms with Gasteiger partial charge in [-0.1, -0.05) is 0 Å². The van der Waals surface area contributed by atoms with Crippen LogP contribution in [-0.2, 0) is 9.84 Å². The van der Waals surface area contributed by atoms with Crippen LogP contribution in [0, 0.1) is 5.92 Å². The van der Waals surface area contributed by atoms with Crippen molar-refractivity contribution in [1.29, 1.82) is 0 Å². The van der Waals surface area contributed by atoms with Gasteiger partial charge in [-0.3, -0.25) is 0 Å². The minimum Gasteiger partial charge on any atom is -0.314 e. The topological polar surface area (TPSA) is 49.4 Å². The molecule has 0 spiro atoms. The highest BCUT2D eigenvalue weighted by Gasteiger charge is 2.24. The average molecular weight is 260 g/mol. The van der Waals surface area contributed by atoms with Crippen LogP contribution < -0.4 is 5.32 Å². The van der Waals surface area contributed by atoms with Gasteiger partial charge in [0.2, 0.25) is 0 Å². The molecule has 1 N–H and O–H groups in total. The lowest BCUT2D eigenvalue weighted by Crippen LogP contribution is -2.44. The van der Waals surface area contributed by atoms with Crippen LogP contribution >= 0.6 is 0 Å². The lowest BCUT2D eigenvalue weighted by atomic mass is 10.1. The maximum atomic E-state index is 11.1. The summed E-state index contributed by atoms with van der Waals surface area (Å²) in [6.07, 6.45) is 6.45. The fourth-order valence-electron chi connectivity index (χ4n) is 2.31. The zero-order valence-electron chi connectivity index (χ0n) is 10.7. The van der Waals surface area contributed by atoms with Crippen LogP contribution in [0.4, 0.5) is 0 Å². The van der Waals surface area contributed by atoms with Crippen molar-refractivity contribution in [2.24, 2.45) is 5.92 Å². The van der Waals surface area contributed by atoms with Crippen molar-refractivity contribution in [2.45, 2.75) is 31.7 Å². The lowest BCUT2D eigenvalue weighted by molar-refractivity contribution is 0.206. The van der Waals surface area contributed by atoms with Crippen molar-refractivity contribution >= 4 is 9.84 Å². The molecule has 4 nitrogen and oxygen atoms in total. The minimum atomic E-state index is -2.81. The average Bonchev–Trinajstić information content (AvgIpc) is 3.08. The fraction of sp³-hybridized carbons (Fsp3) is 1.00. The maximum Gasteiger partial charge on any atom is 0.148 e. The van der Waals surface area contributed by atoms with Gasteiger partial charge in [-0.15, -0.1) is 0 Å². The van der Waals surface area contributed by atoms with E-state index < -0.39 is 9.84 Å². The van der Waals surface area contributed by atoms with Crippen LogP contribution in [0.1, 0.15) is 25.7 Å². The standard InChI is InChI=1S/C12H24N2O2S/c1-17(15,16)9-8-14-6-4-12(5-7-14)13-10-11-2-3-11/h11-13H,2-10H2,1H3. The third kappa shape index (κ3) is 5.36. The molecule has 0 bridgehead atoms. The van der Waals surface area contributed by atoms with E-state index in [1.54, 1.807) is 0 Å². The summed E-state index contributed by atoms with van der Waals surface area (Å²) in [6, 6.07) is 0.657. The molecule has 100 valence electrons. The Bertz CT molecular complexity index is 330. The number of hydrogen-bond acceptors (Lipinski definition) is 4. The Balaban J connectivity index is 1.59. The Morgan fingerprint density at radius 3 is 2.35 bits per heavy atom. The molecule has 0 atom stereocenters. The smallest absolute Gasteiger partial charge is 0.148 e. The predicted octanol–water partition coefficient (Wildman–Crippen LogP) is 0.495.